The number of hydrogen-bond acceptors (Lipinski definition) is 3. The van der Waals surface area contributed by atoms with Gasteiger partial charge in [-0.2, -0.15) is 0 Å². The molecule has 1 unspecified atom stereocenters. The summed E-state index contributed by atoms with van der Waals surface area (Å²) in [6.45, 7) is 7.87. The highest BCUT2D eigenvalue weighted by Crippen LogP contribution is 2.28. The molecule has 0 aliphatic carbocycles. The maximum Gasteiger partial charge on any atom is 0.170 e. The van der Waals surface area contributed by atoms with Crippen molar-refractivity contribution in [1.29, 1.82) is 0 Å². The quantitative estimate of drug-likeness (QED) is 0.680. The number of carbonyl (C=O) groups excluding carboxylic acids is 1. The predicted molar refractivity (Wildman–Crippen MR) is 58.9 cm³/mol. The number of Topliss-reactive ketones (excluding diaryl/α,β-unsaturated/α-hetero) is 1. The van der Waals surface area contributed by atoms with Gasteiger partial charge in [0.15, 0.2) is 5.78 Å². The van der Waals surface area contributed by atoms with Crippen LogP contribution < -0.4 is 0 Å². The molecule has 0 aromatic rings. The Bertz CT molecular complexity index is 203. The molecule has 0 amide bonds. The molecule has 3 heteroatoms. The first kappa shape index (κ1) is 12.7. The highest BCUT2D eigenvalue weighted by Gasteiger charge is 2.40. The second-order valence-corrected chi connectivity index (χ2v) is 4.06. The highest BCUT2D eigenvalue weighted by atomic mass is 16.5. The van der Waals surface area contributed by atoms with Crippen LogP contribution in [0.3, 0.4) is 0 Å². The lowest BCUT2D eigenvalue weighted by molar-refractivity contribution is -0.149. The maximum absolute atomic E-state index is 12.3. The fraction of sp³-hybridized carbons (Fsp3) is 0.917. The second-order valence-electron chi connectivity index (χ2n) is 4.06. The molecule has 1 heterocycles. The molecule has 0 bridgehead atoms. The Morgan fingerprint density at radius 2 is 2.07 bits per heavy atom. The first-order valence-electron chi connectivity index (χ1n) is 5.96. The van der Waals surface area contributed by atoms with Crippen molar-refractivity contribution >= 4 is 5.78 Å². The molecule has 0 aromatic carbocycles. The SMILES string of the molecule is CCOC(CC)(CC)C(=O)C1CCOC1. The van der Waals surface area contributed by atoms with Crippen molar-refractivity contribution in [2.75, 3.05) is 19.8 Å². The van der Waals surface area contributed by atoms with E-state index in [1.165, 1.54) is 0 Å². The molecule has 15 heavy (non-hydrogen) atoms. The van der Waals surface area contributed by atoms with Crippen LogP contribution in [0.25, 0.3) is 0 Å². The van der Waals surface area contributed by atoms with Gasteiger partial charge in [0.1, 0.15) is 5.60 Å². The third-order valence-corrected chi connectivity index (χ3v) is 3.31. The van der Waals surface area contributed by atoms with Crippen LogP contribution in [-0.4, -0.2) is 31.2 Å². The first-order chi connectivity index (χ1) is 7.20. The lowest BCUT2D eigenvalue weighted by Crippen LogP contribution is -2.44. The smallest absolute Gasteiger partial charge is 0.170 e. The topological polar surface area (TPSA) is 35.5 Å². The summed E-state index contributed by atoms with van der Waals surface area (Å²) >= 11 is 0. The Morgan fingerprint density at radius 1 is 1.40 bits per heavy atom. The van der Waals surface area contributed by atoms with Gasteiger partial charge in [-0.25, -0.2) is 0 Å². The summed E-state index contributed by atoms with van der Waals surface area (Å²) in [5.74, 6) is 0.295. The molecule has 1 aliphatic heterocycles. The molecule has 0 aromatic heterocycles. The number of rotatable bonds is 6. The van der Waals surface area contributed by atoms with E-state index in [0.717, 1.165) is 19.3 Å². The Balaban J connectivity index is 2.72. The van der Waals surface area contributed by atoms with Gasteiger partial charge in [-0.1, -0.05) is 13.8 Å². The second kappa shape index (κ2) is 5.61. The number of ketones is 1. The van der Waals surface area contributed by atoms with E-state index >= 15 is 0 Å². The largest absolute Gasteiger partial charge is 0.381 e. The monoisotopic (exact) mass is 214 g/mol. The third-order valence-electron chi connectivity index (χ3n) is 3.31. The van der Waals surface area contributed by atoms with E-state index in [2.05, 4.69) is 0 Å². The molecule has 1 saturated heterocycles. The lowest BCUT2D eigenvalue weighted by atomic mass is 9.84. The fourth-order valence-corrected chi connectivity index (χ4v) is 2.26. The standard InChI is InChI=1S/C12H22O3/c1-4-12(5-2,15-6-3)11(13)10-7-8-14-9-10/h10H,4-9H2,1-3H3. The van der Waals surface area contributed by atoms with E-state index in [0.29, 0.717) is 19.8 Å². The minimum Gasteiger partial charge on any atom is -0.381 e. The van der Waals surface area contributed by atoms with Crippen LogP contribution in [0.2, 0.25) is 0 Å². The van der Waals surface area contributed by atoms with Gasteiger partial charge >= 0.3 is 0 Å². The van der Waals surface area contributed by atoms with Crippen LogP contribution in [0.15, 0.2) is 0 Å². The Morgan fingerprint density at radius 3 is 2.47 bits per heavy atom. The molecule has 1 fully saturated rings. The summed E-state index contributed by atoms with van der Waals surface area (Å²) in [7, 11) is 0. The first-order valence-corrected chi connectivity index (χ1v) is 5.96. The molecule has 0 spiro atoms. The fourth-order valence-electron chi connectivity index (χ4n) is 2.26. The molecule has 1 rings (SSSR count). The predicted octanol–water partition coefficient (Wildman–Crippen LogP) is 2.19. The number of carbonyl (C=O) groups is 1. The van der Waals surface area contributed by atoms with E-state index in [-0.39, 0.29) is 11.7 Å². The van der Waals surface area contributed by atoms with Crippen LogP contribution in [0.4, 0.5) is 0 Å². The van der Waals surface area contributed by atoms with Crippen molar-refractivity contribution in [3.63, 3.8) is 0 Å². The molecule has 1 aliphatic rings. The van der Waals surface area contributed by atoms with Gasteiger partial charge in [0, 0.05) is 19.1 Å². The molecular weight excluding hydrogens is 192 g/mol. The zero-order chi connectivity index (χ0) is 11.3. The Labute approximate surface area is 92.1 Å². The van der Waals surface area contributed by atoms with Gasteiger partial charge in [-0.3, -0.25) is 4.79 Å². The van der Waals surface area contributed by atoms with E-state index in [1.54, 1.807) is 0 Å². The summed E-state index contributed by atoms with van der Waals surface area (Å²) in [4.78, 5) is 12.3. The molecule has 0 saturated carbocycles. The van der Waals surface area contributed by atoms with E-state index in [4.69, 9.17) is 9.47 Å². The van der Waals surface area contributed by atoms with Crippen molar-refractivity contribution in [1.82, 2.24) is 0 Å². The summed E-state index contributed by atoms with van der Waals surface area (Å²) in [6.07, 6.45) is 2.37. The molecule has 88 valence electrons. The van der Waals surface area contributed by atoms with E-state index in [1.807, 2.05) is 20.8 Å². The zero-order valence-corrected chi connectivity index (χ0v) is 10.0. The Hall–Kier alpha value is -0.410. The van der Waals surface area contributed by atoms with Gasteiger partial charge in [-0.05, 0) is 26.2 Å². The highest BCUT2D eigenvalue weighted by molar-refractivity contribution is 5.89. The minimum absolute atomic E-state index is 0.0523. The van der Waals surface area contributed by atoms with Gasteiger partial charge < -0.3 is 9.47 Å². The van der Waals surface area contributed by atoms with Crippen molar-refractivity contribution in [3.05, 3.63) is 0 Å². The van der Waals surface area contributed by atoms with Crippen LogP contribution in [0.5, 0.6) is 0 Å². The molecular formula is C12H22O3. The molecule has 1 atom stereocenters. The number of ether oxygens (including phenoxy) is 2. The van der Waals surface area contributed by atoms with E-state index < -0.39 is 5.60 Å². The van der Waals surface area contributed by atoms with Gasteiger partial charge in [0.25, 0.3) is 0 Å². The van der Waals surface area contributed by atoms with Crippen LogP contribution >= 0.6 is 0 Å². The van der Waals surface area contributed by atoms with Crippen molar-refractivity contribution in [3.8, 4) is 0 Å². The van der Waals surface area contributed by atoms with Crippen LogP contribution in [-0.2, 0) is 14.3 Å². The van der Waals surface area contributed by atoms with Crippen LogP contribution in [0, 0.1) is 5.92 Å². The number of hydrogen-bond donors (Lipinski definition) is 0. The molecule has 0 radical (unpaired) electrons. The lowest BCUT2D eigenvalue weighted by Gasteiger charge is -2.31. The van der Waals surface area contributed by atoms with Crippen molar-refractivity contribution < 1.29 is 14.3 Å². The molecule has 3 nitrogen and oxygen atoms in total. The van der Waals surface area contributed by atoms with Crippen molar-refractivity contribution in [2.24, 2.45) is 5.92 Å². The third kappa shape index (κ3) is 2.58. The summed E-state index contributed by atoms with van der Waals surface area (Å²) < 4.78 is 11.0. The van der Waals surface area contributed by atoms with Crippen LogP contribution in [0.1, 0.15) is 40.0 Å². The van der Waals surface area contributed by atoms with Gasteiger partial charge in [0.05, 0.1) is 6.61 Å². The summed E-state index contributed by atoms with van der Waals surface area (Å²) in [5, 5.41) is 0. The minimum atomic E-state index is -0.562. The zero-order valence-electron chi connectivity index (χ0n) is 10.0. The summed E-state index contributed by atoms with van der Waals surface area (Å²) in [6, 6.07) is 0. The molecule has 0 N–H and O–H groups in total. The van der Waals surface area contributed by atoms with E-state index in [9.17, 15) is 4.79 Å². The Kier molecular flexibility index (Phi) is 4.74. The van der Waals surface area contributed by atoms with Gasteiger partial charge in [0.2, 0.25) is 0 Å². The van der Waals surface area contributed by atoms with Crippen molar-refractivity contribution in [2.45, 2.75) is 45.6 Å². The summed E-state index contributed by atoms with van der Waals surface area (Å²) in [5.41, 5.74) is -0.562. The average molecular weight is 214 g/mol. The average Bonchev–Trinajstić information content (AvgIpc) is 2.78. The maximum atomic E-state index is 12.3. The van der Waals surface area contributed by atoms with Gasteiger partial charge in [-0.15, -0.1) is 0 Å². The normalized spacial score (nSPS) is 21.9.